The Morgan fingerprint density at radius 1 is 1.38 bits per heavy atom. The summed E-state index contributed by atoms with van der Waals surface area (Å²) in [6.45, 7) is 2.18. The molecule has 5 N–H and O–H groups in total. The molecular formula is C8H13N5O3. The van der Waals surface area contributed by atoms with Crippen molar-refractivity contribution in [2.75, 3.05) is 25.1 Å². The standard InChI is InChI=1S/C8H13N5O3/c1-3-11-8(14)16-6-4(9)5(15-2)12-7(10)13-6/h3,9H2,1-2H3,(H,11,14)(H2,10,12,13). The number of nitrogens with two attached hydrogens (primary N) is 2. The molecule has 1 aromatic rings. The molecule has 88 valence electrons. The van der Waals surface area contributed by atoms with Gasteiger partial charge in [0.25, 0.3) is 5.88 Å². The summed E-state index contributed by atoms with van der Waals surface area (Å²) < 4.78 is 9.66. The fourth-order valence-electron chi connectivity index (χ4n) is 0.947. The molecule has 0 radical (unpaired) electrons. The van der Waals surface area contributed by atoms with Crippen LogP contribution in [-0.4, -0.2) is 29.7 Å². The summed E-state index contributed by atoms with van der Waals surface area (Å²) in [6, 6.07) is 0. The minimum absolute atomic E-state index is 0.0166. The van der Waals surface area contributed by atoms with Gasteiger partial charge in [-0.3, -0.25) is 0 Å². The predicted octanol–water partition coefficient (Wildman–Crippen LogP) is -0.242. The number of amides is 1. The number of methoxy groups -OCH3 is 1. The van der Waals surface area contributed by atoms with Crippen LogP contribution >= 0.6 is 0 Å². The Morgan fingerprint density at radius 3 is 2.56 bits per heavy atom. The largest absolute Gasteiger partial charge is 0.479 e. The third kappa shape index (κ3) is 2.62. The summed E-state index contributed by atoms with van der Waals surface area (Å²) in [5.74, 6) is -0.160. The highest BCUT2D eigenvalue weighted by atomic mass is 16.6. The highest BCUT2D eigenvalue weighted by molar-refractivity contribution is 5.73. The van der Waals surface area contributed by atoms with Crippen LogP contribution in [0.25, 0.3) is 0 Å². The van der Waals surface area contributed by atoms with Crippen molar-refractivity contribution in [3.05, 3.63) is 0 Å². The summed E-state index contributed by atoms with van der Waals surface area (Å²) in [5.41, 5.74) is 11.0. The smallest absolute Gasteiger partial charge is 0.414 e. The van der Waals surface area contributed by atoms with Crippen LogP contribution in [0.2, 0.25) is 0 Å². The van der Waals surface area contributed by atoms with E-state index < -0.39 is 6.09 Å². The van der Waals surface area contributed by atoms with Gasteiger partial charge in [0.15, 0.2) is 5.69 Å². The van der Waals surface area contributed by atoms with Crippen molar-refractivity contribution >= 4 is 17.7 Å². The highest BCUT2D eigenvalue weighted by Crippen LogP contribution is 2.28. The van der Waals surface area contributed by atoms with Crippen LogP contribution in [0.4, 0.5) is 16.4 Å². The van der Waals surface area contributed by atoms with Crippen LogP contribution in [0.15, 0.2) is 0 Å². The summed E-state index contributed by atoms with van der Waals surface area (Å²) in [4.78, 5) is 18.5. The van der Waals surface area contributed by atoms with Crippen LogP contribution in [0.5, 0.6) is 11.8 Å². The molecule has 1 rings (SSSR count). The van der Waals surface area contributed by atoms with Crippen molar-refractivity contribution in [3.63, 3.8) is 0 Å². The predicted molar refractivity (Wildman–Crippen MR) is 57.1 cm³/mol. The van der Waals surface area contributed by atoms with Crippen molar-refractivity contribution in [2.24, 2.45) is 0 Å². The van der Waals surface area contributed by atoms with Gasteiger partial charge in [0.1, 0.15) is 0 Å². The number of carbonyl (C=O) groups is 1. The van der Waals surface area contributed by atoms with Crippen LogP contribution in [0, 0.1) is 0 Å². The number of nitrogen functional groups attached to an aromatic ring is 2. The van der Waals surface area contributed by atoms with Gasteiger partial charge in [-0.05, 0) is 6.92 Å². The number of carbonyl (C=O) groups excluding carboxylic acids is 1. The molecule has 0 atom stereocenters. The molecule has 0 aliphatic carbocycles. The molecule has 1 amide bonds. The summed E-state index contributed by atoms with van der Waals surface area (Å²) in [6.07, 6.45) is -0.672. The van der Waals surface area contributed by atoms with Gasteiger partial charge >= 0.3 is 6.09 Å². The highest BCUT2D eigenvalue weighted by Gasteiger charge is 2.15. The zero-order valence-electron chi connectivity index (χ0n) is 8.98. The van der Waals surface area contributed by atoms with E-state index in [4.69, 9.17) is 20.9 Å². The third-order valence-corrected chi connectivity index (χ3v) is 1.60. The topological polar surface area (TPSA) is 125 Å². The second-order valence-corrected chi connectivity index (χ2v) is 2.73. The Labute approximate surface area is 91.9 Å². The van der Waals surface area contributed by atoms with E-state index in [0.29, 0.717) is 6.54 Å². The first-order valence-electron chi connectivity index (χ1n) is 4.51. The second-order valence-electron chi connectivity index (χ2n) is 2.73. The molecule has 0 saturated carbocycles. The normalized spacial score (nSPS) is 9.62. The molecule has 16 heavy (non-hydrogen) atoms. The van der Waals surface area contributed by atoms with E-state index in [1.54, 1.807) is 6.92 Å². The molecule has 0 saturated heterocycles. The number of anilines is 2. The van der Waals surface area contributed by atoms with E-state index in [0.717, 1.165) is 0 Å². The molecule has 8 heteroatoms. The molecule has 0 bridgehead atoms. The second kappa shape index (κ2) is 5.01. The monoisotopic (exact) mass is 227 g/mol. The Kier molecular flexibility index (Phi) is 3.70. The SMILES string of the molecule is CCNC(=O)Oc1nc(N)nc(OC)c1N. The van der Waals surface area contributed by atoms with Gasteiger partial charge in [-0.1, -0.05) is 0 Å². The molecule has 0 unspecified atom stereocenters. The first-order valence-corrected chi connectivity index (χ1v) is 4.51. The average Bonchev–Trinajstić information content (AvgIpc) is 2.23. The summed E-state index contributed by atoms with van der Waals surface area (Å²) in [7, 11) is 1.37. The van der Waals surface area contributed by atoms with E-state index >= 15 is 0 Å². The minimum atomic E-state index is -0.672. The first kappa shape index (κ1) is 11.8. The van der Waals surface area contributed by atoms with E-state index in [2.05, 4.69) is 15.3 Å². The average molecular weight is 227 g/mol. The molecule has 0 aromatic carbocycles. The van der Waals surface area contributed by atoms with Crippen molar-refractivity contribution < 1.29 is 14.3 Å². The Balaban J connectivity index is 2.95. The number of nitrogens with zero attached hydrogens (tertiary/aromatic N) is 2. The van der Waals surface area contributed by atoms with Crippen molar-refractivity contribution in [3.8, 4) is 11.8 Å². The molecule has 0 aliphatic rings. The fraction of sp³-hybridized carbons (Fsp3) is 0.375. The molecular weight excluding hydrogens is 214 g/mol. The lowest BCUT2D eigenvalue weighted by Gasteiger charge is -2.09. The third-order valence-electron chi connectivity index (χ3n) is 1.60. The van der Waals surface area contributed by atoms with Gasteiger partial charge in [0.2, 0.25) is 11.8 Å². The van der Waals surface area contributed by atoms with Gasteiger partial charge in [0, 0.05) is 6.54 Å². The Morgan fingerprint density at radius 2 is 2.00 bits per heavy atom. The van der Waals surface area contributed by atoms with Crippen LogP contribution in [0.3, 0.4) is 0 Å². The molecule has 0 fully saturated rings. The quantitative estimate of drug-likeness (QED) is 0.650. The molecule has 0 aliphatic heterocycles. The maximum absolute atomic E-state index is 11.1. The van der Waals surface area contributed by atoms with Gasteiger partial charge < -0.3 is 26.3 Å². The Hall–Kier alpha value is -2.25. The maximum Gasteiger partial charge on any atom is 0.414 e. The van der Waals surface area contributed by atoms with Crippen molar-refractivity contribution in [1.29, 1.82) is 0 Å². The van der Waals surface area contributed by atoms with Crippen LogP contribution in [0.1, 0.15) is 6.92 Å². The van der Waals surface area contributed by atoms with E-state index in [9.17, 15) is 4.79 Å². The van der Waals surface area contributed by atoms with Crippen molar-refractivity contribution in [1.82, 2.24) is 15.3 Å². The number of hydrogen-bond acceptors (Lipinski definition) is 7. The van der Waals surface area contributed by atoms with Gasteiger partial charge in [0.05, 0.1) is 7.11 Å². The summed E-state index contributed by atoms with van der Waals surface area (Å²) >= 11 is 0. The zero-order chi connectivity index (χ0) is 12.1. The van der Waals surface area contributed by atoms with Gasteiger partial charge in [-0.25, -0.2) is 4.79 Å². The van der Waals surface area contributed by atoms with E-state index in [1.807, 2.05) is 0 Å². The lowest BCUT2D eigenvalue weighted by molar-refractivity contribution is 0.199. The molecule has 0 spiro atoms. The zero-order valence-corrected chi connectivity index (χ0v) is 8.98. The number of hydrogen-bond donors (Lipinski definition) is 3. The van der Waals surface area contributed by atoms with E-state index in [-0.39, 0.29) is 23.4 Å². The Bertz CT molecular complexity index is 396. The lowest BCUT2D eigenvalue weighted by Crippen LogP contribution is -2.27. The number of aromatic nitrogens is 2. The van der Waals surface area contributed by atoms with Gasteiger partial charge in [-0.2, -0.15) is 9.97 Å². The van der Waals surface area contributed by atoms with Crippen molar-refractivity contribution in [2.45, 2.75) is 6.92 Å². The number of nitrogens with one attached hydrogen (secondary N) is 1. The summed E-state index contributed by atoms with van der Waals surface area (Å²) in [5, 5.41) is 2.42. The maximum atomic E-state index is 11.1. The molecule has 8 nitrogen and oxygen atoms in total. The van der Waals surface area contributed by atoms with Crippen LogP contribution < -0.4 is 26.3 Å². The van der Waals surface area contributed by atoms with Crippen LogP contribution in [-0.2, 0) is 0 Å². The minimum Gasteiger partial charge on any atom is -0.479 e. The number of ether oxygens (including phenoxy) is 2. The fourth-order valence-corrected chi connectivity index (χ4v) is 0.947. The number of rotatable bonds is 3. The lowest BCUT2D eigenvalue weighted by atomic mass is 10.5. The first-order chi connectivity index (χ1) is 7.58. The van der Waals surface area contributed by atoms with E-state index in [1.165, 1.54) is 7.11 Å². The van der Waals surface area contributed by atoms with Gasteiger partial charge in [-0.15, -0.1) is 0 Å². The molecule has 1 aromatic heterocycles. The molecule has 1 heterocycles.